The first kappa shape index (κ1) is 29.4. The first-order chi connectivity index (χ1) is 21.4. The number of methoxy groups -OCH3 is 1. The van der Waals surface area contributed by atoms with Crippen LogP contribution in [0, 0.1) is 11.2 Å². The number of carbonyl (C=O) groups excluding carboxylic acids is 2. The molecule has 2 amide bonds. The van der Waals surface area contributed by atoms with E-state index in [9.17, 15) is 9.59 Å². The van der Waals surface area contributed by atoms with E-state index in [1.807, 2.05) is 12.1 Å². The van der Waals surface area contributed by atoms with E-state index in [-0.39, 0.29) is 17.3 Å². The molecule has 3 N–H and O–H groups in total. The predicted octanol–water partition coefficient (Wildman–Crippen LogP) is 6.99. The highest BCUT2D eigenvalue weighted by molar-refractivity contribution is 7.22. The van der Waals surface area contributed by atoms with E-state index in [1.165, 1.54) is 29.0 Å². The number of pyridine rings is 1. The molecule has 1 saturated carbocycles. The number of ether oxygens (including phenoxy) is 2. The highest BCUT2D eigenvalue weighted by Crippen LogP contribution is 2.48. The van der Waals surface area contributed by atoms with Gasteiger partial charge < -0.3 is 25.4 Å². The van der Waals surface area contributed by atoms with Crippen LogP contribution < -0.4 is 20.7 Å². The van der Waals surface area contributed by atoms with Gasteiger partial charge >= 0.3 is 0 Å². The van der Waals surface area contributed by atoms with Gasteiger partial charge in [0.05, 0.1) is 16.8 Å². The fraction of sp³-hybridized carbons (Fsp3) is 0.206. The molecule has 8 nitrogen and oxygen atoms in total. The highest BCUT2D eigenvalue weighted by Gasteiger charge is 2.56. The van der Waals surface area contributed by atoms with Crippen LogP contribution in [-0.2, 0) is 20.9 Å². The zero-order valence-corrected chi connectivity index (χ0v) is 24.9. The number of benzene rings is 3. The number of halogens is 1. The average molecular weight is 611 g/mol. The fourth-order valence-corrected chi connectivity index (χ4v) is 5.89. The van der Waals surface area contributed by atoms with Crippen molar-refractivity contribution in [3.63, 3.8) is 0 Å². The maximum Gasteiger partial charge on any atom is 0.240 e. The lowest BCUT2D eigenvalue weighted by Gasteiger charge is -2.16. The van der Waals surface area contributed by atoms with Crippen molar-refractivity contribution in [3.8, 4) is 21.9 Å². The Morgan fingerprint density at radius 2 is 1.66 bits per heavy atom. The molecule has 0 unspecified atom stereocenters. The van der Waals surface area contributed by atoms with Gasteiger partial charge in [0, 0.05) is 54.8 Å². The molecule has 0 spiro atoms. The lowest BCUT2D eigenvalue weighted by atomic mass is 10.0. The number of amides is 2. The second-order valence-corrected chi connectivity index (χ2v) is 11.7. The number of aromatic nitrogens is 1. The third-order valence-corrected chi connectivity index (χ3v) is 8.67. The van der Waals surface area contributed by atoms with Crippen molar-refractivity contribution in [2.75, 3.05) is 30.9 Å². The topological polar surface area (TPSA) is 102 Å². The maximum absolute atomic E-state index is 15.2. The molecule has 0 bridgehead atoms. The van der Waals surface area contributed by atoms with E-state index in [1.54, 1.807) is 49.7 Å². The quantitative estimate of drug-likeness (QED) is 0.104. The molecule has 2 aromatic heterocycles. The predicted molar refractivity (Wildman–Crippen MR) is 170 cm³/mol. The van der Waals surface area contributed by atoms with Gasteiger partial charge in [-0.1, -0.05) is 42.5 Å². The Morgan fingerprint density at radius 1 is 0.909 bits per heavy atom. The lowest BCUT2D eigenvalue weighted by molar-refractivity contribution is -0.131. The van der Waals surface area contributed by atoms with E-state index in [4.69, 9.17) is 9.47 Å². The molecule has 1 aliphatic rings. The smallest absolute Gasteiger partial charge is 0.240 e. The van der Waals surface area contributed by atoms with Gasteiger partial charge in [-0.2, -0.15) is 0 Å². The van der Waals surface area contributed by atoms with Crippen LogP contribution in [0.1, 0.15) is 18.4 Å². The molecule has 0 atom stereocenters. The SMILES string of the molecule is COCCNCc1ccc(-c2cc3nccc(Oc4ccc(NC(=O)C5(C(=O)Nc6ccccc6)CC5)cc4F)c3s2)cc1. The molecule has 0 saturated heterocycles. The van der Waals surface area contributed by atoms with E-state index < -0.39 is 17.1 Å². The summed E-state index contributed by atoms with van der Waals surface area (Å²) in [6.45, 7) is 2.21. The summed E-state index contributed by atoms with van der Waals surface area (Å²) in [5, 5.41) is 8.83. The molecular weight excluding hydrogens is 579 g/mol. The molecule has 2 heterocycles. The van der Waals surface area contributed by atoms with Crippen LogP contribution in [0.25, 0.3) is 20.7 Å². The molecule has 5 aromatic rings. The number of nitrogens with one attached hydrogen (secondary N) is 3. The van der Waals surface area contributed by atoms with Gasteiger partial charge in [0.25, 0.3) is 0 Å². The van der Waals surface area contributed by atoms with E-state index in [0.717, 1.165) is 33.7 Å². The minimum absolute atomic E-state index is 0.0127. The minimum Gasteiger partial charge on any atom is -0.453 e. The fourth-order valence-electron chi connectivity index (χ4n) is 4.82. The van der Waals surface area contributed by atoms with Gasteiger partial charge in [0.2, 0.25) is 11.8 Å². The summed E-state index contributed by atoms with van der Waals surface area (Å²) in [5.41, 5.74) is 2.67. The number of carbonyl (C=O) groups is 2. The van der Waals surface area contributed by atoms with Gasteiger partial charge in [0.1, 0.15) is 11.2 Å². The Morgan fingerprint density at radius 3 is 2.36 bits per heavy atom. The van der Waals surface area contributed by atoms with E-state index in [0.29, 0.717) is 30.9 Å². The normalized spacial score (nSPS) is 13.4. The van der Waals surface area contributed by atoms with Gasteiger partial charge in [0.15, 0.2) is 11.6 Å². The number of thiophene rings is 1. The first-order valence-corrected chi connectivity index (χ1v) is 15.1. The standard InChI is InChI=1S/C34H31FN4O4S/c1-42-18-17-36-21-22-7-9-23(10-8-22)30-20-27-31(44-30)29(13-16-37-27)43-28-12-11-25(19-26(28)35)39-33(41)34(14-15-34)32(40)38-24-5-3-2-4-6-24/h2-13,16,19-20,36H,14-15,17-18,21H2,1H3,(H,38,40)(H,39,41). The van der Waals surface area contributed by atoms with Gasteiger partial charge in [-0.25, -0.2) is 4.39 Å². The van der Waals surface area contributed by atoms with Crippen molar-refractivity contribution in [1.29, 1.82) is 0 Å². The molecule has 1 aliphatic carbocycles. The number of anilines is 2. The Balaban J connectivity index is 1.12. The number of nitrogens with zero attached hydrogens (tertiary/aromatic N) is 1. The van der Waals surface area contributed by atoms with Crippen molar-refractivity contribution < 1.29 is 23.5 Å². The average Bonchev–Trinajstić information content (AvgIpc) is 3.74. The molecule has 1 fully saturated rings. The van der Waals surface area contributed by atoms with Gasteiger partial charge in [-0.3, -0.25) is 14.6 Å². The summed E-state index contributed by atoms with van der Waals surface area (Å²) in [6, 6.07) is 25.2. The van der Waals surface area contributed by atoms with E-state index in [2.05, 4.69) is 45.2 Å². The number of hydrogen-bond acceptors (Lipinski definition) is 7. The van der Waals surface area contributed by atoms with Crippen molar-refractivity contribution in [1.82, 2.24) is 10.3 Å². The summed E-state index contributed by atoms with van der Waals surface area (Å²) in [5.74, 6) is -0.979. The van der Waals surface area contributed by atoms with Crippen molar-refractivity contribution >= 4 is 44.7 Å². The summed E-state index contributed by atoms with van der Waals surface area (Å²) in [7, 11) is 1.68. The van der Waals surface area contributed by atoms with Crippen LogP contribution >= 0.6 is 11.3 Å². The molecule has 44 heavy (non-hydrogen) atoms. The number of para-hydroxylation sites is 1. The minimum atomic E-state index is -1.16. The Kier molecular flexibility index (Phi) is 8.65. The van der Waals surface area contributed by atoms with Crippen LogP contribution in [0.5, 0.6) is 11.5 Å². The van der Waals surface area contributed by atoms with Crippen molar-refractivity contribution in [2.45, 2.75) is 19.4 Å². The molecule has 0 aliphatic heterocycles. The summed E-state index contributed by atoms with van der Waals surface area (Å²) >= 11 is 1.52. The molecule has 0 radical (unpaired) electrons. The van der Waals surface area contributed by atoms with E-state index >= 15 is 4.39 Å². The molecule has 3 aromatic carbocycles. The zero-order chi connectivity index (χ0) is 30.5. The second kappa shape index (κ2) is 12.9. The summed E-state index contributed by atoms with van der Waals surface area (Å²) < 4.78 is 27.1. The van der Waals surface area contributed by atoms with Crippen LogP contribution in [-0.4, -0.2) is 37.1 Å². The summed E-state index contributed by atoms with van der Waals surface area (Å²) in [6.07, 6.45) is 2.49. The van der Waals surface area contributed by atoms with Crippen LogP contribution in [0.2, 0.25) is 0 Å². The van der Waals surface area contributed by atoms with Crippen molar-refractivity contribution in [3.05, 3.63) is 103 Å². The molecule has 6 rings (SSSR count). The Hall–Kier alpha value is -4.64. The monoisotopic (exact) mass is 610 g/mol. The molecule has 224 valence electrons. The molecular formula is C34H31FN4O4S. The highest BCUT2D eigenvalue weighted by atomic mass is 32.1. The van der Waals surface area contributed by atoms with Gasteiger partial charge in [-0.15, -0.1) is 11.3 Å². The maximum atomic E-state index is 15.2. The van der Waals surface area contributed by atoms with Crippen LogP contribution in [0.3, 0.4) is 0 Å². The number of fused-ring (bicyclic) bond motifs is 1. The largest absolute Gasteiger partial charge is 0.453 e. The third kappa shape index (κ3) is 6.47. The summed E-state index contributed by atoms with van der Waals surface area (Å²) in [4.78, 5) is 31.4. The first-order valence-electron chi connectivity index (χ1n) is 14.3. The van der Waals surface area contributed by atoms with Crippen LogP contribution in [0.4, 0.5) is 15.8 Å². The lowest BCUT2D eigenvalue weighted by Crippen LogP contribution is -2.35. The second-order valence-electron chi connectivity index (χ2n) is 10.6. The Bertz CT molecular complexity index is 1790. The van der Waals surface area contributed by atoms with Crippen molar-refractivity contribution in [2.24, 2.45) is 5.41 Å². The third-order valence-electron chi connectivity index (χ3n) is 7.49. The molecule has 10 heteroatoms. The number of hydrogen-bond donors (Lipinski definition) is 3. The zero-order valence-electron chi connectivity index (χ0n) is 24.1. The van der Waals surface area contributed by atoms with Gasteiger partial charge in [-0.05, 0) is 54.3 Å². The number of rotatable bonds is 12. The Labute approximate surface area is 258 Å². The van der Waals surface area contributed by atoms with Crippen LogP contribution in [0.15, 0.2) is 91.1 Å².